The van der Waals surface area contributed by atoms with Gasteiger partial charge in [-0.05, 0) is 51.8 Å². The van der Waals surface area contributed by atoms with Crippen molar-refractivity contribution in [3.8, 4) is 5.75 Å². The number of hydrogen-bond acceptors (Lipinski definition) is 3. The number of rotatable bonds is 6. The van der Waals surface area contributed by atoms with Gasteiger partial charge in [-0.15, -0.1) is 0 Å². The lowest BCUT2D eigenvalue weighted by atomic mass is 9.95. The maximum atomic E-state index is 13.6. The second kappa shape index (κ2) is 9.58. The molecule has 0 spiro atoms. The largest absolute Gasteiger partial charge is 0.496 e. The van der Waals surface area contributed by atoms with Crippen LogP contribution in [-0.2, 0) is 4.79 Å². The molecule has 1 heterocycles. The molecule has 1 aliphatic rings. The molecule has 1 atom stereocenters. The summed E-state index contributed by atoms with van der Waals surface area (Å²) in [7, 11) is 1.52. The summed E-state index contributed by atoms with van der Waals surface area (Å²) < 4.78 is 18.8. The number of nitrogens with one attached hydrogen (secondary N) is 1. The number of piperidine rings is 1. The molecule has 1 aromatic rings. The molecule has 1 aromatic carbocycles. The van der Waals surface area contributed by atoms with Gasteiger partial charge in [-0.2, -0.15) is 0 Å². The maximum absolute atomic E-state index is 13.6. The Hall–Kier alpha value is -2.31. The summed E-state index contributed by atoms with van der Waals surface area (Å²) in [5.74, 6) is 0.322. The zero-order chi connectivity index (χ0) is 20.0. The zero-order valence-corrected chi connectivity index (χ0v) is 16.6. The van der Waals surface area contributed by atoms with Crippen LogP contribution in [0.2, 0.25) is 0 Å². The van der Waals surface area contributed by atoms with E-state index >= 15 is 0 Å². The number of halogens is 1. The van der Waals surface area contributed by atoms with E-state index in [1.165, 1.54) is 19.2 Å². The van der Waals surface area contributed by atoms with Crippen LogP contribution in [0.3, 0.4) is 0 Å². The number of likely N-dealkylation sites (tertiary alicyclic amines) is 1. The molecule has 1 fully saturated rings. The molecular formula is C20H30FN3O3. The van der Waals surface area contributed by atoms with Gasteiger partial charge in [-0.3, -0.25) is 4.79 Å². The van der Waals surface area contributed by atoms with Crippen LogP contribution in [0, 0.1) is 11.7 Å². The number of hydrogen-bond donors (Lipinski definition) is 1. The highest BCUT2D eigenvalue weighted by molar-refractivity contribution is 5.80. The van der Waals surface area contributed by atoms with Gasteiger partial charge in [0.2, 0.25) is 5.91 Å². The van der Waals surface area contributed by atoms with E-state index in [1.807, 2.05) is 18.7 Å². The van der Waals surface area contributed by atoms with Gasteiger partial charge in [0.25, 0.3) is 0 Å². The van der Waals surface area contributed by atoms with Gasteiger partial charge in [-0.1, -0.05) is 0 Å². The van der Waals surface area contributed by atoms with E-state index in [0.29, 0.717) is 50.3 Å². The second-order valence-electron chi connectivity index (χ2n) is 6.83. The maximum Gasteiger partial charge on any atom is 0.317 e. The molecule has 0 aliphatic carbocycles. The van der Waals surface area contributed by atoms with Crippen LogP contribution in [0.4, 0.5) is 9.18 Å². The summed E-state index contributed by atoms with van der Waals surface area (Å²) in [5, 5.41) is 2.90. The smallest absolute Gasteiger partial charge is 0.317 e. The van der Waals surface area contributed by atoms with Gasteiger partial charge >= 0.3 is 6.03 Å². The van der Waals surface area contributed by atoms with Crippen LogP contribution in [0.15, 0.2) is 18.2 Å². The quantitative estimate of drug-likeness (QED) is 0.826. The molecule has 0 radical (unpaired) electrons. The van der Waals surface area contributed by atoms with Crippen molar-refractivity contribution in [3.05, 3.63) is 29.6 Å². The second-order valence-corrected chi connectivity index (χ2v) is 6.83. The molecule has 1 aliphatic heterocycles. The van der Waals surface area contributed by atoms with E-state index in [0.717, 1.165) is 0 Å². The lowest BCUT2D eigenvalue weighted by molar-refractivity contribution is -0.136. The Kier molecular flexibility index (Phi) is 7.45. The topological polar surface area (TPSA) is 61.9 Å². The third-order valence-corrected chi connectivity index (χ3v) is 5.20. The summed E-state index contributed by atoms with van der Waals surface area (Å²) in [6.45, 7) is 8.25. The SMILES string of the molecule is CCN(CC)C(=O)C1CCN(C(=O)N[C@H](C)c2cc(F)ccc2OC)CC1. The Morgan fingerprint density at radius 3 is 2.48 bits per heavy atom. The van der Waals surface area contributed by atoms with E-state index in [9.17, 15) is 14.0 Å². The Morgan fingerprint density at radius 1 is 1.30 bits per heavy atom. The Bertz CT molecular complexity index is 656. The first-order chi connectivity index (χ1) is 12.9. The molecule has 3 amide bonds. The highest BCUT2D eigenvalue weighted by Gasteiger charge is 2.30. The molecule has 6 nitrogen and oxygen atoms in total. The van der Waals surface area contributed by atoms with Crippen LogP contribution in [0.25, 0.3) is 0 Å². The van der Waals surface area contributed by atoms with Crippen molar-refractivity contribution in [1.29, 1.82) is 0 Å². The molecule has 7 heteroatoms. The van der Waals surface area contributed by atoms with Crippen LogP contribution in [-0.4, -0.2) is 55.0 Å². The van der Waals surface area contributed by atoms with Gasteiger partial charge in [-0.25, -0.2) is 9.18 Å². The Morgan fingerprint density at radius 2 is 1.93 bits per heavy atom. The fourth-order valence-corrected chi connectivity index (χ4v) is 3.52. The van der Waals surface area contributed by atoms with Crippen molar-refractivity contribution < 1.29 is 18.7 Å². The predicted molar refractivity (Wildman–Crippen MR) is 102 cm³/mol. The number of carbonyl (C=O) groups is 2. The lowest BCUT2D eigenvalue weighted by Crippen LogP contribution is -2.48. The average Bonchev–Trinajstić information content (AvgIpc) is 2.68. The first-order valence-electron chi connectivity index (χ1n) is 9.58. The first kappa shape index (κ1) is 21.0. The summed E-state index contributed by atoms with van der Waals surface area (Å²) in [6.07, 6.45) is 1.33. The third-order valence-electron chi connectivity index (χ3n) is 5.20. The van der Waals surface area contributed by atoms with Crippen LogP contribution in [0.1, 0.15) is 45.2 Å². The third kappa shape index (κ3) is 5.11. The Balaban J connectivity index is 1.93. The van der Waals surface area contributed by atoms with E-state index in [1.54, 1.807) is 17.9 Å². The van der Waals surface area contributed by atoms with Gasteiger partial charge in [0.05, 0.1) is 13.2 Å². The number of benzene rings is 1. The summed E-state index contributed by atoms with van der Waals surface area (Å²) in [5.41, 5.74) is 0.595. The minimum absolute atomic E-state index is 0.0188. The lowest BCUT2D eigenvalue weighted by Gasteiger charge is -2.34. The van der Waals surface area contributed by atoms with Crippen molar-refractivity contribution in [3.63, 3.8) is 0 Å². The highest BCUT2D eigenvalue weighted by Crippen LogP contribution is 2.26. The number of carbonyl (C=O) groups excluding carboxylic acids is 2. The van der Waals surface area contributed by atoms with Crippen LogP contribution >= 0.6 is 0 Å². The van der Waals surface area contributed by atoms with Crippen molar-refractivity contribution in [2.75, 3.05) is 33.3 Å². The number of methoxy groups -OCH3 is 1. The van der Waals surface area contributed by atoms with E-state index in [2.05, 4.69) is 5.32 Å². The monoisotopic (exact) mass is 379 g/mol. The van der Waals surface area contributed by atoms with Crippen LogP contribution in [0.5, 0.6) is 5.75 Å². The van der Waals surface area contributed by atoms with E-state index < -0.39 is 6.04 Å². The van der Waals surface area contributed by atoms with Crippen molar-refractivity contribution >= 4 is 11.9 Å². The fourth-order valence-electron chi connectivity index (χ4n) is 3.52. The molecule has 0 aromatic heterocycles. The molecule has 150 valence electrons. The molecule has 0 bridgehead atoms. The zero-order valence-electron chi connectivity index (χ0n) is 16.6. The number of urea groups is 1. The van der Waals surface area contributed by atoms with Gasteiger partial charge in [0.15, 0.2) is 0 Å². The molecule has 2 rings (SSSR count). The summed E-state index contributed by atoms with van der Waals surface area (Å²) in [4.78, 5) is 28.6. The summed E-state index contributed by atoms with van der Waals surface area (Å²) >= 11 is 0. The standard InChI is InChI=1S/C20H30FN3O3/c1-5-23(6-2)19(25)15-9-11-24(12-10-15)20(26)22-14(3)17-13-16(21)7-8-18(17)27-4/h7-8,13-15H,5-6,9-12H2,1-4H3,(H,22,26)/t14-/m1/s1. The van der Waals surface area contributed by atoms with Crippen molar-refractivity contribution in [2.24, 2.45) is 5.92 Å². The molecule has 1 saturated heterocycles. The Labute approximate surface area is 160 Å². The summed E-state index contributed by atoms with van der Waals surface area (Å²) in [6, 6.07) is 3.66. The molecule has 0 saturated carbocycles. The predicted octanol–water partition coefficient (Wildman–Crippen LogP) is 3.19. The average molecular weight is 379 g/mol. The molecular weight excluding hydrogens is 349 g/mol. The number of ether oxygens (including phenoxy) is 1. The number of nitrogens with zero attached hydrogens (tertiary/aromatic N) is 2. The van der Waals surface area contributed by atoms with Crippen molar-refractivity contribution in [2.45, 2.75) is 39.7 Å². The fraction of sp³-hybridized carbons (Fsp3) is 0.600. The molecule has 27 heavy (non-hydrogen) atoms. The minimum atomic E-state index is -0.391. The molecule has 0 unspecified atom stereocenters. The minimum Gasteiger partial charge on any atom is -0.496 e. The van der Waals surface area contributed by atoms with Gasteiger partial charge < -0.3 is 19.9 Å². The normalized spacial score (nSPS) is 16.0. The van der Waals surface area contributed by atoms with E-state index in [4.69, 9.17) is 4.74 Å². The van der Waals surface area contributed by atoms with Crippen LogP contribution < -0.4 is 10.1 Å². The van der Waals surface area contributed by atoms with Gasteiger partial charge in [0, 0.05) is 37.7 Å². The number of amides is 3. The van der Waals surface area contributed by atoms with Crippen molar-refractivity contribution in [1.82, 2.24) is 15.1 Å². The van der Waals surface area contributed by atoms with E-state index in [-0.39, 0.29) is 23.7 Å². The van der Waals surface area contributed by atoms with Gasteiger partial charge in [0.1, 0.15) is 11.6 Å². The highest BCUT2D eigenvalue weighted by atomic mass is 19.1. The first-order valence-corrected chi connectivity index (χ1v) is 9.58. The molecule has 1 N–H and O–H groups in total.